The first-order valence-corrected chi connectivity index (χ1v) is 8.52. The molecule has 3 heteroatoms. The third kappa shape index (κ3) is 4.63. The predicted octanol–water partition coefficient (Wildman–Crippen LogP) is 4.60. The summed E-state index contributed by atoms with van der Waals surface area (Å²) in [6.45, 7) is 6.79. The number of carbonyl (C=O) groups is 1. The maximum Gasteiger partial charge on any atom is 0.236 e. The molecule has 2 nitrogen and oxygen atoms in total. The summed E-state index contributed by atoms with van der Waals surface area (Å²) in [5.74, 6) is 0.188. The molecule has 0 radical (unpaired) electrons. The maximum absolute atomic E-state index is 12.8. The van der Waals surface area contributed by atoms with Crippen LogP contribution in [0.1, 0.15) is 26.3 Å². The van der Waals surface area contributed by atoms with E-state index in [1.165, 1.54) is 5.56 Å². The number of hydrogen-bond acceptors (Lipinski definition) is 2. The van der Waals surface area contributed by atoms with E-state index in [-0.39, 0.29) is 17.2 Å². The van der Waals surface area contributed by atoms with E-state index in [1.54, 1.807) is 11.8 Å². The fraction of sp³-hybridized carbons (Fsp3) is 0.316. The molecule has 1 atom stereocenters. The van der Waals surface area contributed by atoms with Crippen LogP contribution in [0.15, 0.2) is 65.6 Å². The summed E-state index contributed by atoms with van der Waals surface area (Å²) in [7, 11) is 0. The summed E-state index contributed by atoms with van der Waals surface area (Å²) in [5.41, 5.74) is 1.17. The van der Waals surface area contributed by atoms with Crippen molar-refractivity contribution in [3.63, 3.8) is 0 Å². The highest BCUT2D eigenvalue weighted by Crippen LogP contribution is 2.25. The Morgan fingerprint density at radius 3 is 2.05 bits per heavy atom. The minimum Gasteiger partial charge on any atom is -0.335 e. The summed E-state index contributed by atoms with van der Waals surface area (Å²) in [6, 6.07) is 20.4. The fourth-order valence-corrected chi connectivity index (χ4v) is 3.24. The van der Waals surface area contributed by atoms with E-state index in [2.05, 4.69) is 26.0 Å². The lowest BCUT2D eigenvalue weighted by atomic mass is 10.2. The van der Waals surface area contributed by atoms with Crippen LogP contribution in [0.3, 0.4) is 0 Å². The molecule has 0 saturated heterocycles. The van der Waals surface area contributed by atoms with Gasteiger partial charge in [0.15, 0.2) is 0 Å². The molecule has 22 heavy (non-hydrogen) atoms. The van der Waals surface area contributed by atoms with Crippen molar-refractivity contribution < 1.29 is 4.79 Å². The molecule has 2 aromatic carbocycles. The molecule has 0 aliphatic rings. The third-order valence-electron chi connectivity index (χ3n) is 3.51. The van der Waals surface area contributed by atoms with Gasteiger partial charge in [-0.3, -0.25) is 4.79 Å². The molecule has 0 aliphatic heterocycles. The van der Waals surface area contributed by atoms with Crippen molar-refractivity contribution in [3.8, 4) is 0 Å². The second-order valence-electron chi connectivity index (χ2n) is 5.62. The van der Waals surface area contributed by atoms with Crippen molar-refractivity contribution in [3.05, 3.63) is 66.2 Å². The van der Waals surface area contributed by atoms with Gasteiger partial charge in [0.1, 0.15) is 0 Å². The Kier molecular flexibility index (Phi) is 6.08. The van der Waals surface area contributed by atoms with E-state index >= 15 is 0 Å². The van der Waals surface area contributed by atoms with Crippen LogP contribution < -0.4 is 0 Å². The zero-order chi connectivity index (χ0) is 15.9. The zero-order valence-corrected chi connectivity index (χ0v) is 14.2. The van der Waals surface area contributed by atoms with Gasteiger partial charge in [0.2, 0.25) is 5.91 Å². The van der Waals surface area contributed by atoms with Gasteiger partial charge < -0.3 is 4.90 Å². The minimum absolute atomic E-state index is 0.0893. The topological polar surface area (TPSA) is 20.3 Å². The third-order valence-corrected chi connectivity index (χ3v) is 4.61. The monoisotopic (exact) mass is 313 g/mol. The number of thioether (sulfide) groups is 1. The van der Waals surface area contributed by atoms with Gasteiger partial charge in [0, 0.05) is 17.5 Å². The molecule has 0 heterocycles. The van der Waals surface area contributed by atoms with Gasteiger partial charge in [-0.25, -0.2) is 0 Å². The number of nitrogens with zero attached hydrogens (tertiary/aromatic N) is 1. The Morgan fingerprint density at radius 1 is 0.955 bits per heavy atom. The van der Waals surface area contributed by atoms with Crippen LogP contribution >= 0.6 is 11.8 Å². The lowest BCUT2D eigenvalue weighted by Gasteiger charge is -2.29. The Hall–Kier alpha value is -1.74. The van der Waals surface area contributed by atoms with E-state index < -0.39 is 0 Å². The molecule has 0 saturated carbocycles. The van der Waals surface area contributed by atoms with E-state index in [0.29, 0.717) is 6.54 Å². The Morgan fingerprint density at radius 2 is 1.50 bits per heavy atom. The van der Waals surface area contributed by atoms with E-state index in [1.807, 2.05) is 60.4 Å². The van der Waals surface area contributed by atoms with Crippen LogP contribution in [0.25, 0.3) is 0 Å². The van der Waals surface area contributed by atoms with Gasteiger partial charge in [-0.05, 0) is 38.5 Å². The average Bonchev–Trinajstić information content (AvgIpc) is 2.53. The number of carbonyl (C=O) groups excluding carboxylic acids is 1. The molecular formula is C19H23NOS. The summed E-state index contributed by atoms with van der Waals surface area (Å²) in [6.07, 6.45) is 0. The fourth-order valence-electron chi connectivity index (χ4n) is 2.28. The largest absolute Gasteiger partial charge is 0.335 e. The van der Waals surface area contributed by atoms with Crippen molar-refractivity contribution >= 4 is 17.7 Å². The molecule has 2 aromatic rings. The minimum atomic E-state index is -0.0893. The molecule has 116 valence electrons. The normalized spacial score (nSPS) is 12.2. The molecular weight excluding hydrogens is 290 g/mol. The number of amides is 1. The van der Waals surface area contributed by atoms with Crippen molar-refractivity contribution in [2.24, 2.45) is 0 Å². The number of hydrogen-bond donors (Lipinski definition) is 0. The molecule has 0 bridgehead atoms. The van der Waals surface area contributed by atoms with Crippen LogP contribution in [0.5, 0.6) is 0 Å². The molecule has 0 aliphatic carbocycles. The smallest absolute Gasteiger partial charge is 0.236 e. The first-order valence-electron chi connectivity index (χ1n) is 7.64. The predicted molar refractivity (Wildman–Crippen MR) is 93.9 cm³/mol. The van der Waals surface area contributed by atoms with Crippen molar-refractivity contribution in [2.75, 3.05) is 0 Å². The van der Waals surface area contributed by atoms with E-state index in [4.69, 9.17) is 0 Å². The van der Waals surface area contributed by atoms with Crippen LogP contribution in [-0.2, 0) is 11.3 Å². The summed E-state index contributed by atoms with van der Waals surface area (Å²) in [4.78, 5) is 15.9. The van der Waals surface area contributed by atoms with Crippen LogP contribution in [-0.4, -0.2) is 22.1 Å². The van der Waals surface area contributed by atoms with Gasteiger partial charge in [0.05, 0.1) is 5.25 Å². The van der Waals surface area contributed by atoms with Crippen LogP contribution in [0.2, 0.25) is 0 Å². The molecule has 1 amide bonds. The SMILES string of the molecule is CC(Sc1ccccc1)C(=O)N(Cc1ccccc1)C(C)C. The first-order chi connectivity index (χ1) is 10.6. The highest BCUT2D eigenvalue weighted by molar-refractivity contribution is 8.00. The lowest BCUT2D eigenvalue weighted by molar-refractivity contribution is -0.132. The van der Waals surface area contributed by atoms with Crippen LogP contribution in [0, 0.1) is 0 Å². The second-order valence-corrected chi connectivity index (χ2v) is 7.03. The van der Waals surface area contributed by atoms with Crippen molar-refractivity contribution in [2.45, 2.75) is 43.5 Å². The first kappa shape index (κ1) is 16.6. The average molecular weight is 313 g/mol. The molecule has 1 unspecified atom stereocenters. The Labute approximate surface area is 137 Å². The summed E-state index contributed by atoms with van der Waals surface area (Å²) >= 11 is 1.62. The van der Waals surface area contributed by atoms with Gasteiger partial charge in [-0.1, -0.05) is 48.5 Å². The van der Waals surface area contributed by atoms with Crippen molar-refractivity contribution in [1.82, 2.24) is 4.90 Å². The van der Waals surface area contributed by atoms with Gasteiger partial charge in [-0.2, -0.15) is 0 Å². The van der Waals surface area contributed by atoms with Gasteiger partial charge >= 0.3 is 0 Å². The summed E-state index contributed by atoms with van der Waals surface area (Å²) < 4.78 is 0. The molecule has 2 rings (SSSR count). The molecule has 0 N–H and O–H groups in total. The maximum atomic E-state index is 12.8. The van der Waals surface area contributed by atoms with Gasteiger partial charge in [0.25, 0.3) is 0 Å². The highest BCUT2D eigenvalue weighted by atomic mass is 32.2. The van der Waals surface area contributed by atoms with Gasteiger partial charge in [-0.15, -0.1) is 11.8 Å². The molecule has 0 spiro atoms. The number of benzene rings is 2. The second kappa shape index (κ2) is 8.04. The van der Waals surface area contributed by atoms with Crippen LogP contribution in [0.4, 0.5) is 0 Å². The Bertz CT molecular complexity index is 583. The van der Waals surface area contributed by atoms with Crippen molar-refractivity contribution in [1.29, 1.82) is 0 Å². The van der Waals surface area contributed by atoms with E-state index in [9.17, 15) is 4.79 Å². The zero-order valence-electron chi connectivity index (χ0n) is 13.4. The Balaban J connectivity index is 2.06. The molecule has 0 fully saturated rings. The molecule has 0 aromatic heterocycles. The lowest BCUT2D eigenvalue weighted by Crippen LogP contribution is -2.40. The number of rotatable bonds is 6. The van der Waals surface area contributed by atoms with E-state index in [0.717, 1.165) is 4.90 Å². The summed E-state index contributed by atoms with van der Waals surface area (Å²) in [5, 5.41) is -0.0893. The standard InChI is InChI=1S/C19H23NOS/c1-15(2)20(14-17-10-6-4-7-11-17)19(21)16(3)22-18-12-8-5-9-13-18/h4-13,15-16H,14H2,1-3H3. The highest BCUT2D eigenvalue weighted by Gasteiger charge is 2.23. The quantitative estimate of drug-likeness (QED) is 0.726.